The first-order valence-electron chi connectivity index (χ1n) is 9.07. The van der Waals surface area contributed by atoms with Gasteiger partial charge in [-0.25, -0.2) is 4.98 Å². The van der Waals surface area contributed by atoms with E-state index >= 15 is 0 Å². The van der Waals surface area contributed by atoms with Crippen LogP contribution in [0.2, 0.25) is 0 Å². The number of carbonyl (C=O) groups excluding carboxylic acids is 1. The minimum absolute atomic E-state index is 0.191. The van der Waals surface area contributed by atoms with Gasteiger partial charge in [-0.05, 0) is 33.8 Å². The molecule has 3 rings (SSSR count). The summed E-state index contributed by atoms with van der Waals surface area (Å²) in [6.45, 7) is 11.8. The number of hydrogen-bond acceptors (Lipinski definition) is 7. The van der Waals surface area contributed by atoms with Gasteiger partial charge in [-0.15, -0.1) is 0 Å². The Hall–Kier alpha value is -1.64. The Morgan fingerprint density at radius 3 is 2.27 bits per heavy atom. The van der Waals surface area contributed by atoms with Gasteiger partial charge in [0.05, 0.1) is 24.9 Å². The van der Waals surface area contributed by atoms with Crippen LogP contribution in [-0.4, -0.2) is 74.0 Å². The van der Waals surface area contributed by atoms with Gasteiger partial charge in [0.25, 0.3) is 0 Å². The highest BCUT2D eigenvalue weighted by Gasteiger charge is 2.51. The zero-order valence-electron chi connectivity index (χ0n) is 16.3. The highest BCUT2D eigenvalue weighted by molar-refractivity contribution is 6.62. The maximum atomic E-state index is 11.4. The molecule has 26 heavy (non-hydrogen) atoms. The van der Waals surface area contributed by atoms with Gasteiger partial charge < -0.3 is 18.9 Å². The number of anilines is 1. The van der Waals surface area contributed by atoms with Crippen molar-refractivity contribution in [2.24, 2.45) is 0 Å². The van der Waals surface area contributed by atoms with Crippen molar-refractivity contribution in [1.82, 2.24) is 9.88 Å². The Bertz CT molecular complexity index is 626. The zero-order valence-corrected chi connectivity index (χ0v) is 16.3. The van der Waals surface area contributed by atoms with Crippen molar-refractivity contribution in [3.63, 3.8) is 0 Å². The topological polar surface area (TPSA) is 64.1 Å². The summed E-state index contributed by atoms with van der Waals surface area (Å²) in [5.74, 6) is 0.742. The number of nitrogens with zero attached hydrogens (tertiary/aromatic N) is 3. The lowest BCUT2D eigenvalue weighted by molar-refractivity contribution is -0.142. The molecule has 2 aliphatic heterocycles. The molecule has 0 bridgehead atoms. The van der Waals surface area contributed by atoms with Crippen molar-refractivity contribution in [3.8, 4) is 0 Å². The molecular formula is C18H28BN3O4. The summed E-state index contributed by atoms with van der Waals surface area (Å²) < 4.78 is 16.9. The molecule has 3 heterocycles. The van der Waals surface area contributed by atoms with Gasteiger partial charge in [-0.1, -0.05) is 6.07 Å². The molecule has 8 heteroatoms. The third-order valence-corrected chi connectivity index (χ3v) is 5.57. The largest absolute Gasteiger partial charge is 0.496 e. The fourth-order valence-corrected chi connectivity index (χ4v) is 3.09. The first kappa shape index (κ1) is 19.1. The van der Waals surface area contributed by atoms with Gasteiger partial charge in [-0.2, -0.15) is 0 Å². The van der Waals surface area contributed by atoms with E-state index in [2.05, 4.69) is 14.8 Å². The van der Waals surface area contributed by atoms with E-state index in [0.29, 0.717) is 6.54 Å². The lowest BCUT2D eigenvalue weighted by atomic mass is 9.80. The maximum Gasteiger partial charge on any atom is 0.496 e. The summed E-state index contributed by atoms with van der Waals surface area (Å²) in [5.41, 5.74) is 0.218. The van der Waals surface area contributed by atoms with Crippen LogP contribution in [0.4, 0.5) is 5.82 Å². The molecular weight excluding hydrogens is 333 g/mol. The average molecular weight is 361 g/mol. The summed E-state index contributed by atoms with van der Waals surface area (Å²) in [4.78, 5) is 20.3. The van der Waals surface area contributed by atoms with Crippen LogP contribution in [0.5, 0.6) is 0 Å². The number of aromatic nitrogens is 1. The number of piperazine rings is 1. The van der Waals surface area contributed by atoms with E-state index in [1.807, 2.05) is 46.0 Å². The summed E-state index contributed by atoms with van der Waals surface area (Å²) in [5, 5.41) is 0. The monoisotopic (exact) mass is 361 g/mol. The van der Waals surface area contributed by atoms with E-state index in [1.165, 1.54) is 7.11 Å². The minimum atomic E-state index is -0.390. The Balaban J connectivity index is 1.58. The van der Waals surface area contributed by atoms with Crippen molar-refractivity contribution in [2.75, 3.05) is 44.7 Å². The van der Waals surface area contributed by atoms with E-state index in [0.717, 1.165) is 37.5 Å². The molecule has 0 spiro atoms. The third-order valence-electron chi connectivity index (χ3n) is 5.57. The molecule has 2 fully saturated rings. The van der Waals surface area contributed by atoms with E-state index < -0.39 is 7.12 Å². The first-order valence-corrected chi connectivity index (χ1v) is 9.07. The Morgan fingerprint density at radius 2 is 1.77 bits per heavy atom. The maximum absolute atomic E-state index is 11.4. The number of pyridine rings is 1. The van der Waals surface area contributed by atoms with E-state index in [1.54, 1.807) is 0 Å². The molecule has 7 nitrogen and oxygen atoms in total. The molecule has 2 aliphatic rings. The predicted molar refractivity (Wildman–Crippen MR) is 101 cm³/mol. The fraction of sp³-hybridized carbons (Fsp3) is 0.667. The third kappa shape index (κ3) is 3.87. The number of carbonyl (C=O) groups is 1. The van der Waals surface area contributed by atoms with Crippen LogP contribution in [0.15, 0.2) is 18.3 Å². The minimum Gasteiger partial charge on any atom is -0.468 e. The number of methoxy groups -OCH3 is 1. The second-order valence-electron chi connectivity index (χ2n) is 7.88. The number of ether oxygens (including phenoxy) is 1. The second kappa shape index (κ2) is 7.17. The molecule has 0 aliphatic carbocycles. The molecule has 0 saturated carbocycles. The van der Waals surface area contributed by atoms with E-state index in [9.17, 15) is 4.79 Å². The first-order chi connectivity index (χ1) is 12.2. The van der Waals surface area contributed by atoms with E-state index in [-0.39, 0.29) is 17.2 Å². The van der Waals surface area contributed by atoms with Gasteiger partial charge >= 0.3 is 13.1 Å². The molecule has 2 saturated heterocycles. The molecule has 0 N–H and O–H groups in total. The smallest absolute Gasteiger partial charge is 0.468 e. The van der Waals surface area contributed by atoms with Crippen LogP contribution in [-0.2, 0) is 18.8 Å². The van der Waals surface area contributed by atoms with Crippen molar-refractivity contribution in [2.45, 2.75) is 38.9 Å². The van der Waals surface area contributed by atoms with Gasteiger partial charge in [-0.3, -0.25) is 9.69 Å². The summed E-state index contributed by atoms with van der Waals surface area (Å²) in [6.07, 6.45) is 1.83. The molecule has 142 valence electrons. The van der Waals surface area contributed by atoms with Crippen LogP contribution in [0.1, 0.15) is 27.7 Å². The van der Waals surface area contributed by atoms with Crippen LogP contribution in [0.25, 0.3) is 0 Å². The molecule has 0 unspecified atom stereocenters. The highest BCUT2D eigenvalue weighted by Crippen LogP contribution is 2.36. The Morgan fingerprint density at radius 1 is 1.15 bits per heavy atom. The van der Waals surface area contributed by atoms with Gasteiger partial charge in [0.1, 0.15) is 5.82 Å². The summed E-state index contributed by atoms with van der Waals surface area (Å²) in [7, 11) is 1.03. The highest BCUT2D eigenvalue weighted by atomic mass is 16.7. The van der Waals surface area contributed by atoms with Crippen molar-refractivity contribution >= 4 is 24.4 Å². The van der Waals surface area contributed by atoms with Gasteiger partial charge in [0, 0.05) is 37.8 Å². The Kier molecular flexibility index (Phi) is 5.28. The van der Waals surface area contributed by atoms with Crippen molar-refractivity contribution in [1.29, 1.82) is 0 Å². The predicted octanol–water partition coefficient (Wildman–Crippen LogP) is 0.676. The van der Waals surface area contributed by atoms with Crippen molar-refractivity contribution in [3.05, 3.63) is 18.3 Å². The normalized spacial score (nSPS) is 22.5. The molecule has 0 atom stereocenters. The standard InChI is InChI=1S/C18H28BN3O4/c1-17(2)18(3,4)26-19(25-17)14-6-7-15(20-12-14)22-10-8-21(9-11-22)13-16(23)24-5/h6-7,12H,8-11,13H2,1-5H3. The lowest BCUT2D eigenvalue weighted by Crippen LogP contribution is -2.48. The van der Waals surface area contributed by atoms with Crippen LogP contribution in [0, 0.1) is 0 Å². The fourth-order valence-electron chi connectivity index (χ4n) is 3.09. The molecule has 1 aromatic heterocycles. The van der Waals surface area contributed by atoms with E-state index in [4.69, 9.17) is 14.0 Å². The van der Waals surface area contributed by atoms with Gasteiger partial charge in [0.2, 0.25) is 0 Å². The number of rotatable bonds is 4. The summed E-state index contributed by atoms with van der Waals surface area (Å²) in [6, 6.07) is 4.03. The SMILES string of the molecule is COC(=O)CN1CCN(c2ccc(B3OC(C)(C)C(C)(C)O3)cn2)CC1. The summed E-state index contributed by atoms with van der Waals surface area (Å²) >= 11 is 0. The number of hydrogen-bond donors (Lipinski definition) is 0. The molecule has 0 radical (unpaired) electrons. The molecule has 0 amide bonds. The van der Waals surface area contributed by atoms with Crippen LogP contribution in [0.3, 0.4) is 0 Å². The van der Waals surface area contributed by atoms with Crippen LogP contribution < -0.4 is 10.4 Å². The Labute approximate surface area is 155 Å². The van der Waals surface area contributed by atoms with Crippen LogP contribution >= 0.6 is 0 Å². The lowest BCUT2D eigenvalue weighted by Gasteiger charge is -2.34. The van der Waals surface area contributed by atoms with Gasteiger partial charge in [0.15, 0.2) is 0 Å². The molecule has 0 aromatic carbocycles. The van der Waals surface area contributed by atoms with Crippen molar-refractivity contribution < 1.29 is 18.8 Å². The quantitative estimate of drug-likeness (QED) is 0.577. The zero-order chi connectivity index (χ0) is 18.9. The number of esters is 1. The molecule has 1 aromatic rings. The average Bonchev–Trinajstić information content (AvgIpc) is 2.83. The second-order valence-corrected chi connectivity index (χ2v) is 7.88.